The van der Waals surface area contributed by atoms with E-state index in [4.69, 9.17) is 4.99 Å². The summed E-state index contributed by atoms with van der Waals surface area (Å²) in [5.41, 5.74) is 5.90. The Kier molecular flexibility index (Phi) is 5.07. The Morgan fingerprint density at radius 3 is 2.86 bits per heavy atom. The molecule has 6 heteroatoms. The molecule has 2 heterocycles. The highest BCUT2D eigenvalue weighted by Gasteiger charge is 2.03. The quantitative estimate of drug-likeness (QED) is 0.312. The zero-order chi connectivity index (χ0) is 20.2. The van der Waals surface area contributed by atoms with Crippen LogP contribution in [-0.2, 0) is 6.54 Å². The molecular formula is C23H22N6. The van der Waals surface area contributed by atoms with Crippen molar-refractivity contribution < 1.29 is 0 Å². The third kappa shape index (κ3) is 4.16. The van der Waals surface area contributed by atoms with Crippen molar-refractivity contribution in [2.75, 3.05) is 5.32 Å². The van der Waals surface area contributed by atoms with E-state index in [0.717, 1.165) is 50.3 Å². The van der Waals surface area contributed by atoms with Crippen LogP contribution in [0.4, 0.5) is 5.69 Å². The van der Waals surface area contributed by atoms with Gasteiger partial charge in [-0.1, -0.05) is 18.7 Å². The smallest absolute Gasteiger partial charge is 0.127 e. The molecule has 3 N–H and O–H groups in total. The van der Waals surface area contributed by atoms with Gasteiger partial charge in [-0.3, -0.25) is 15.1 Å². The molecule has 4 aromatic rings. The summed E-state index contributed by atoms with van der Waals surface area (Å²) in [4.78, 5) is 12.1. The van der Waals surface area contributed by atoms with Crippen LogP contribution in [0.1, 0.15) is 18.2 Å². The van der Waals surface area contributed by atoms with E-state index in [2.05, 4.69) is 63.1 Å². The van der Waals surface area contributed by atoms with Crippen LogP contribution >= 0.6 is 0 Å². The van der Waals surface area contributed by atoms with Gasteiger partial charge in [0.2, 0.25) is 0 Å². The monoisotopic (exact) mass is 382 g/mol. The molecular weight excluding hydrogens is 360 g/mol. The summed E-state index contributed by atoms with van der Waals surface area (Å²) in [6, 6.07) is 14.4. The maximum atomic E-state index is 4.76. The first-order valence-corrected chi connectivity index (χ1v) is 9.28. The highest BCUT2D eigenvalue weighted by Crippen LogP contribution is 2.19. The van der Waals surface area contributed by atoms with Crippen LogP contribution in [-0.4, -0.2) is 27.7 Å². The summed E-state index contributed by atoms with van der Waals surface area (Å²) in [5, 5.41) is 12.6. The van der Waals surface area contributed by atoms with Gasteiger partial charge >= 0.3 is 0 Å². The Bertz CT molecular complexity index is 1250. The number of hydrogen-bond acceptors (Lipinski definition) is 3. The molecule has 0 aliphatic carbocycles. The lowest BCUT2D eigenvalue weighted by atomic mass is 10.1. The molecule has 0 aliphatic heterocycles. The number of aromatic nitrogens is 3. The largest absolute Gasteiger partial charge is 0.355 e. The summed E-state index contributed by atoms with van der Waals surface area (Å²) >= 11 is 0. The summed E-state index contributed by atoms with van der Waals surface area (Å²) in [6.07, 6.45) is 5.49. The zero-order valence-electron chi connectivity index (χ0n) is 16.2. The van der Waals surface area contributed by atoms with Crippen LogP contribution in [0.25, 0.3) is 27.9 Å². The molecule has 0 saturated carbocycles. The molecule has 0 saturated heterocycles. The van der Waals surface area contributed by atoms with Gasteiger partial charge < -0.3 is 10.3 Å². The van der Waals surface area contributed by atoms with E-state index in [0.29, 0.717) is 6.54 Å². The average Bonchev–Trinajstić information content (AvgIpc) is 3.37. The Morgan fingerprint density at radius 1 is 1.14 bits per heavy atom. The zero-order valence-corrected chi connectivity index (χ0v) is 16.2. The number of fused-ring (bicyclic) bond motifs is 2. The highest BCUT2D eigenvalue weighted by atomic mass is 15.1. The number of nitrogens with zero attached hydrogens (tertiary/aromatic N) is 3. The lowest BCUT2D eigenvalue weighted by Crippen LogP contribution is -2.10. The first-order valence-electron chi connectivity index (χ1n) is 9.28. The fraction of sp³-hybridized carbons (Fsp3) is 0.0870. The number of H-pyrrole nitrogens is 2. The fourth-order valence-corrected chi connectivity index (χ4v) is 3.11. The maximum absolute atomic E-state index is 4.76. The third-order valence-corrected chi connectivity index (χ3v) is 4.67. The molecule has 0 atom stereocenters. The minimum Gasteiger partial charge on any atom is -0.355 e. The van der Waals surface area contributed by atoms with Crippen molar-refractivity contribution in [1.29, 1.82) is 0 Å². The highest BCUT2D eigenvalue weighted by molar-refractivity contribution is 6.05. The number of aromatic amines is 2. The molecule has 4 rings (SSSR count). The summed E-state index contributed by atoms with van der Waals surface area (Å²) in [6.45, 7) is 9.83. The number of amidine groups is 1. The second-order valence-electron chi connectivity index (χ2n) is 6.79. The molecule has 2 aromatic heterocycles. The van der Waals surface area contributed by atoms with Crippen molar-refractivity contribution in [1.82, 2.24) is 15.2 Å². The topological polar surface area (TPSA) is 81.2 Å². The van der Waals surface area contributed by atoms with Gasteiger partial charge in [0.15, 0.2) is 0 Å². The first kappa shape index (κ1) is 18.4. The van der Waals surface area contributed by atoms with Gasteiger partial charge in [-0.2, -0.15) is 5.10 Å². The van der Waals surface area contributed by atoms with Crippen LogP contribution in [0.15, 0.2) is 77.0 Å². The van der Waals surface area contributed by atoms with Crippen LogP contribution in [0, 0.1) is 0 Å². The standard InChI is InChI=1S/C23H22N6/c1-4-19-11-17-6-5-16(10-22(17)27-19)13-25-23(9-15(2)24-3)28-20-7-8-21-18(12-20)14-26-29-21/h4-12,14,27H,1,3,13H2,2H3,(H,25,28)(H,26,29)/b15-9-. The molecule has 2 aromatic carbocycles. The van der Waals surface area contributed by atoms with E-state index < -0.39 is 0 Å². The number of anilines is 1. The lowest BCUT2D eigenvalue weighted by molar-refractivity contribution is 1.07. The van der Waals surface area contributed by atoms with Crippen LogP contribution < -0.4 is 5.32 Å². The molecule has 0 fully saturated rings. The van der Waals surface area contributed by atoms with Gasteiger partial charge in [0, 0.05) is 39.4 Å². The number of allylic oxidation sites excluding steroid dienone is 1. The number of benzene rings is 2. The maximum Gasteiger partial charge on any atom is 0.127 e. The SMILES string of the molecule is C=Cc1cc2ccc(CN=C(/C=C(/C)N=C)Nc3ccc4[nH]ncc4c3)cc2[nH]1. The van der Waals surface area contributed by atoms with Gasteiger partial charge in [-0.15, -0.1) is 0 Å². The van der Waals surface area contributed by atoms with E-state index in [9.17, 15) is 0 Å². The van der Waals surface area contributed by atoms with Crippen molar-refractivity contribution in [2.24, 2.45) is 9.98 Å². The van der Waals surface area contributed by atoms with E-state index >= 15 is 0 Å². The summed E-state index contributed by atoms with van der Waals surface area (Å²) in [5.74, 6) is 0.719. The van der Waals surface area contributed by atoms with Crippen molar-refractivity contribution in [3.63, 3.8) is 0 Å². The van der Waals surface area contributed by atoms with Crippen molar-refractivity contribution in [2.45, 2.75) is 13.5 Å². The molecule has 0 amide bonds. The van der Waals surface area contributed by atoms with Crippen LogP contribution in [0.2, 0.25) is 0 Å². The second-order valence-corrected chi connectivity index (χ2v) is 6.79. The van der Waals surface area contributed by atoms with E-state index in [1.807, 2.05) is 37.3 Å². The van der Waals surface area contributed by atoms with Gasteiger partial charge in [0.1, 0.15) is 5.84 Å². The molecule has 144 valence electrons. The van der Waals surface area contributed by atoms with Gasteiger partial charge in [-0.25, -0.2) is 0 Å². The van der Waals surface area contributed by atoms with Gasteiger partial charge in [0.05, 0.1) is 18.3 Å². The van der Waals surface area contributed by atoms with E-state index in [-0.39, 0.29) is 0 Å². The van der Waals surface area contributed by atoms with Crippen molar-refractivity contribution in [3.05, 3.63) is 78.3 Å². The lowest BCUT2D eigenvalue weighted by Gasteiger charge is -2.08. The van der Waals surface area contributed by atoms with Crippen molar-refractivity contribution in [3.8, 4) is 0 Å². The number of aliphatic imine (C=N–C) groups is 2. The molecule has 29 heavy (non-hydrogen) atoms. The fourth-order valence-electron chi connectivity index (χ4n) is 3.11. The normalized spacial score (nSPS) is 12.4. The molecule has 0 radical (unpaired) electrons. The molecule has 0 spiro atoms. The van der Waals surface area contributed by atoms with Crippen molar-refractivity contribution >= 4 is 46.1 Å². The molecule has 6 nitrogen and oxygen atoms in total. The predicted molar refractivity (Wildman–Crippen MR) is 123 cm³/mol. The van der Waals surface area contributed by atoms with Crippen LogP contribution in [0.3, 0.4) is 0 Å². The summed E-state index contributed by atoms with van der Waals surface area (Å²) < 4.78 is 0. The minimum atomic E-state index is 0.537. The Balaban J connectivity index is 1.60. The Labute approximate surface area is 168 Å². The molecule has 0 aliphatic rings. The van der Waals surface area contributed by atoms with Gasteiger partial charge in [-0.05, 0) is 55.6 Å². The third-order valence-electron chi connectivity index (χ3n) is 4.67. The molecule has 0 bridgehead atoms. The van der Waals surface area contributed by atoms with Crippen LogP contribution in [0.5, 0.6) is 0 Å². The minimum absolute atomic E-state index is 0.537. The van der Waals surface area contributed by atoms with Gasteiger partial charge in [0.25, 0.3) is 0 Å². The van der Waals surface area contributed by atoms with E-state index in [1.165, 1.54) is 0 Å². The summed E-state index contributed by atoms with van der Waals surface area (Å²) in [7, 11) is 0. The Hall–Kier alpha value is -3.93. The first-order chi connectivity index (χ1) is 14.1. The molecule has 0 unspecified atom stereocenters. The number of rotatable bonds is 6. The Morgan fingerprint density at radius 2 is 2.03 bits per heavy atom. The number of hydrogen-bond donors (Lipinski definition) is 3. The predicted octanol–water partition coefficient (Wildman–Crippen LogP) is 5.30. The second kappa shape index (κ2) is 7.98. The average molecular weight is 382 g/mol. The number of nitrogens with one attached hydrogen (secondary N) is 3. The van der Waals surface area contributed by atoms with E-state index in [1.54, 1.807) is 6.20 Å².